The van der Waals surface area contributed by atoms with Gasteiger partial charge < -0.3 is 10.5 Å². The largest absolute Gasteiger partial charge is 0.468 e. The highest BCUT2D eigenvalue weighted by molar-refractivity contribution is 5.92. The van der Waals surface area contributed by atoms with Gasteiger partial charge in [-0.05, 0) is 23.1 Å². The van der Waals surface area contributed by atoms with E-state index in [2.05, 4.69) is 5.32 Å². The second-order valence-electron chi connectivity index (χ2n) is 5.76. The molecule has 0 saturated heterocycles. The molecule has 0 aromatic heterocycles. The monoisotopic (exact) mass is 278 g/mol. The van der Waals surface area contributed by atoms with Gasteiger partial charge in [0.25, 0.3) is 0 Å². The lowest BCUT2D eigenvalue weighted by Gasteiger charge is -2.29. The zero-order valence-electron chi connectivity index (χ0n) is 12.4. The molecule has 20 heavy (non-hydrogen) atoms. The van der Waals surface area contributed by atoms with Crippen LogP contribution in [0.1, 0.15) is 36.7 Å². The number of methoxy groups -OCH3 is 1. The summed E-state index contributed by atoms with van der Waals surface area (Å²) < 4.78 is 4.82. The standard InChI is InChI=1S/C15H22N2O3/c1-15(2,3)12(14(19)20-4)17-9-10-5-7-11(8-6-10)13(16)18/h5-8,12,17H,9H2,1-4H3,(H2,16,18)/t12-/m1/s1. The lowest BCUT2D eigenvalue weighted by Crippen LogP contribution is -2.46. The molecule has 0 aliphatic carbocycles. The normalized spacial score (nSPS) is 12.8. The van der Waals surface area contributed by atoms with Gasteiger partial charge in [-0.2, -0.15) is 0 Å². The Hall–Kier alpha value is -1.88. The highest BCUT2D eigenvalue weighted by Crippen LogP contribution is 2.20. The van der Waals surface area contributed by atoms with E-state index >= 15 is 0 Å². The minimum atomic E-state index is -0.452. The van der Waals surface area contributed by atoms with Gasteiger partial charge in [0.1, 0.15) is 6.04 Å². The fourth-order valence-corrected chi connectivity index (χ4v) is 1.87. The van der Waals surface area contributed by atoms with Crippen LogP contribution >= 0.6 is 0 Å². The second-order valence-corrected chi connectivity index (χ2v) is 5.76. The Bertz CT molecular complexity index is 475. The third-order valence-electron chi connectivity index (χ3n) is 3.05. The molecule has 0 heterocycles. The Morgan fingerprint density at radius 2 is 1.80 bits per heavy atom. The summed E-state index contributed by atoms with van der Waals surface area (Å²) >= 11 is 0. The number of esters is 1. The Labute approximate surface area is 119 Å². The molecule has 0 unspecified atom stereocenters. The van der Waals surface area contributed by atoms with Crippen molar-refractivity contribution in [2.45, 2.75) is 33.4 Å². The smallest absolute Gasteiger partial charge is 0.323 e. The van der Waals surface area contributed by atoms with Gasteiger partial charge >= 0.3 is 5.97 Å². The van der Waals surface area contributed by atoms with Crippen LogP contribution in [0.5, 0.6) is 0 Å². The van der Waals surface area contributed by atoms with Crippen LogP contribution < -0.4 is 11.1 Å². The summed E-state index contributed by atoms with van der Waals surface area (Å²) in [4.78, 5) is 22.8. The van der Waals surface area contributed by atoms with E-state index in [0.29, 0.717) is 12.1 Å². The fraction of sp³-hybridized carbons (Fsp3) is 0.467. The maximum Gasteiger partial charge on any atom is 0.323 e. The molecule has 1 aromatic carbocycles. The quantitative estimate of drug-likeness (QED) is 0.799. The van der Waals surface area contributed by atoms with Crippen LogP contribution in [-0.4, -0.2) is 25.0 Å². The van der Waals surface area contributed by atoms with Crippen LogP contribution in [0.15, 0.2) is 24.3 Å². The second kappa shape index (κ2) is 6.52. The summed E-state index contributed by atoms with van der Waals surface area (Å²) in [5.74, 6) is -0.738. The van der Waals surface area contributed by atoms with Crippen molar-refractivity contribution in [2.75, 3.05) is 7.11 Å². The van der Waals surface area contributed by atoms with E-state index in [-0.39, 0.29) is 11.4 Å². The minimum absolute atomic E-state index is 0.250. The first-order valence-corrected chi connectivity index (χ1v) is 6.45. The third-order valence-corrected chi connectivity index (χ3v) is 3.05. The van der Waals surface area contributed by atoms with Crippen molar-refractivity contribution in [2.24, 2.45) is 11.1 Å². The van der Waals surface area contributed by atoms with Crippen molar-refractivity contribution >= 4 is 11.9 Å². The summed E-state index contributed by atoms with van der Waals surface area (Å²) in [5.41, 5.74) is 6.37. The van der Waals surface area contributed by atoms with E-state index in [0.717, 1.165) is 5.56 Å². The number of carbonyl (C=O) groups is 2. The van der Waals surface area contributed by atoms with Crippen molar-refractivity contribution in [3.63, 3.8) is 0 Å². The Morgan fingerprint density at radius 1 is 1.25 bits per heavy atom. The van der Waals surface area contributed by atoms with Crippen molar-refractivity contribution in [3.8, 4) is 0 Å². The Balaban J connectivity index is 2.72. The molecule has 0 aliphatic rings. The molecule has 0 radical (unpaired) electrons. The molecule has 0 spiro atoms. The number of rotatable bonds is 5. The van der Waals surface area contributed by atoms with Crippen molar-refractivity contribution < 1.29 is 14.3 Å². The predicted molar refractivity (Wildman–Crippen MR) is 77.1 cm³/mol. The van der Waals surface area contributed by atoms with E-state index in [1.807, 2.05) is 32.9 Å². The zero-order valence-corrected chi connectivity index (χ0v) is 12.4. The first-order valence-electron chi connectivity index (χ1n) is 6.45. The predicted octanol–water partition coefficient (Wildman–Crippen LogP) is 1.46. The summed E-state index contributed by atoms with van der Waals surface area (Å²) in [6, 6.07) is 6.56. The van der Waals surface area contributed by atoms with Crippen LogP contribution in [0.4, 0.5) is 0 Å². The van der Waals surface area contributed by atoms with Crippen molar-refractivity contribution in [1.29, 1.82) is 0 Å². The molecule has 1 rings (SSSR count). The van der Waals surface area contributed by atoms with Crippen LogP contribution in [0.2, 0.25) is 0 Å². The van der Waals surface area contributed by atoms with Gasteiger partial charge in [-0.25, -0.2) is 0 Å². The topological polar surface area (TPSA) is 81.4 Å². The van der Waals surface area contributed by atoms with Gasteiger partial charge in [0.05, 0.1) is 7.11 Å². The van der Waals surface area contributed by atoms with Gasteiger partial charge in [0.15, 0.2) is 0 Å². The molecule has 5 heteroatoms. The fourth-order valence-electron chi connectivity index (χ4n) is 1.87. The molecule has 0 fully saturated rings. The number of amides is 1. The number of nitrogens with two attached hydrogens (primary N) is 1. The van der Waals surface area contributed by atoms with Crippen LogP contribution in [0.25, 0.3) is 0 Å². The molecule has 3 N–H and O–H groups in total. The number of hydrogen-bond acceptors (Lipinski definition) is 4. The zero-order chi connectivity index (χ0) is 15.3. The Morgan fingerprint density at radius 3 is 2.20 bits per heavy atom. The van der Waals surface area contributed by atoms with E-state index in [4.69, 9.17) is 10.5 Å². The average Bonchev–Trinajstić information content (AvgIpc) is 2.37. The number of carbonyl (C=O) groups excluding carboxylic acids is 2. The number of benzene rings is 1. The van der Waals surface area contributed by atoms with Gasteiger partial charge in [-0.1, -0.05) is 32.9 Å². The van der Waals surface area contributed by atoms with Crippen LogP contribution in [0, 0.1) is 5.41 Å². The first-order chi connectivity index (χ1) is 9.25. The Kier molecular flexibility index (Phi) is 5.27. The molecule has 1 atom stereocenters. The third kappa shape index (κ3) is 4.35. The summed E-state index contributed by atoms with van der Waals surface area (Å²) in [7, 11) is 1.38. The molecular formula is C15H22N2O3. The summed E-state index contributed by atoms with van der Waals surface area (Å²) in [6.07, 6.45) is 0. The number of primary amides is 1. The molecule has 110 valence electrons. The molecule has 0 saturated carbocycles. The van der Waals surface area contributed by atoms with Gasteiger partial charge in [0.2, 0.25) is 5.91 Å². The van der Waals surface area contributed by atoms with Gasteiger partial charge in [0, 0.05) is 12.1 Å². The van der Waals surface area contributed by atoms with E-state index in [9.17, 15) is 9.59 Å². The van der Waals surface area contributed by atoms with E-state index in [1.165, 1.54) is 7.11 Å². The molecule has 1 amide bonds. The molecular weight excluding hydrogens is 256 g/mol. The number of ether oxygens (including phenoxy) is 1. The number of nitrogens with one attached hydrogen (secondary N) is 1. The first kappa shape index (κ1) is 16.2. The van der Waals surface area contributed by atoms with Crippen LogP contribution in [-0.2, 0) is 16.1 Å². The maximum atomic E-state index is 11.8. The van der Waals surface area contributed by atoms with Gasteiger partial charge in [-0.3, -0.25) is 14.9 Å². The SMILES string of the molecule is COC(=O)[C@@H](NCc1ccc(C(N)=O)cc1)C(C)(C)C. The average molecular weight is 278 g/mol. The molecule has 0 bridgehead atoms. The van der Waals surface area contributed by atoms with E-state index in [1.54, 1.807) is 12.1 Å². The molecule has 0 aliphatic heterocycles. The minimum Gasteiger partial charge on any atom is -0.468 e. The lowest BCUT2D eigenvalue weighted by atomic mass is 9.86. The summed E-state index contributed by atoms with van der Waals surface area (Å²) in [6.45, 7) is 6.42. The number of hydrogen-bond donors (Lipinski definition) is 2. The van der Waals surface area contributed by atoms with Crippen molar-refractivity contribution in [1.82, 2.24) is 5.32 Å². The van der Waals surface area contributed by atoms with Gasteiger partial charge in [-0.15, -0.1) is 0 Å². The van der Waals surface area contributed by atoms with Crippen molar-refractivity contribution in [3.05, 3.63) is 35.4 Å². The highest BCUT2D eigenvalue weighted by atomic mass is 16.5. The summed E-state index contributed by atoms with van der Waals surface area (Å²) in [5, 5.41) is 3.18. The maximum absolute atomic E-state index is 11.8. The van der Waals surface area contributed by atoms with E-state index < -0.39 is 11.9 Å². The molecule has 5 nitrogen and oxygen atoms in total. The lowest BCUT2D eigenvalue weighted by molar-refractivity contribution is -0.146. The molecule has 1 aromatic rings. The highest BCUT2D eigenvalue weighted by Gasteiger charge is 2.31. The van der Waals surface area contributed by atoms with Crippen LogP contribution in [0.3, 0.4) is 0 Å².